The molecule has 4 aliphatic heterocycles. The van der Waals surface area contributed by atoms with Gasteiger partial charge in [-0.25, -0.2) is 0 Å². The molecule has 1 aromatic carbocycles. The zero-order valence-electron chi connectivity index (χ0n) is 11.6. The fourth-order valence-corrected chi connectivity index (χ4v) is 5.87. The van der Waals surface area contributed by atoms with E-state index in [4.69, 9.17) is 4.74 Å². The molecule has 0 aromatic heterocycles. The van der Waals surface area contributed by atoms with Crippen LogP contribution in [0.25, 0.3) is 0 Å². The lowest BCUT2D eigenvalue weighted by atomic mass is 9.57. The van der Waals surface area contributed by atoms with Crippen LogP contribution in [0.2, 0.25) is 0 Å². The number of nitrogens with zero attached hydrogens (tertiary/aromatic N) is 1. The highest BCUT2D eigenvalue weighted by atomic mass is 16.5. The summed E-state index contributed by atoms with van der Waals surface area (Å²) in [5, 5.41) is 20.7. The molecule has 7 atom stereocenters. The van der Waals surface area contributed by atoms with Crippen LogP contribution in [0.1, 0.15) is 30.0 Å². The lowest BCUT2D eigenvalue weighted by molar-refractivity contribution is -0.0965. The highest BCUT2D eigenvalue weighted by Gasteiger charge is 2.68. The van der Waals surface area contributed by atoms with Crippen LogP contribution in [0.5, 0.6) is 11.5 Å². The average Bonchev–Trinajstić information content (AvgIpc) is 2.64. The summed E-state index contributed by atoms with van der Waals surface area (Å²) in [7, 11) is 0. The molecule has 0 amide bonds. The molecule has 108 valence electrons. The number of hydrogen-bond donors (Lipinski definition) is 2. The van der Waals surface area contributed by atoms with E-state index in [1.165, 1.54) is 17.5 Å². The molecule has 4 bridgehead atoms. The van der Waals surface area contributed by atoms with Crippen LogP contribution < -0.4 is 4.74 Å². The molecule has 2 N–H and O–H groups in total. The fraction of sp³-hybridized carbons (Fsp3) is 0.529. The topological polar surface area (TPSA) is 52.9 Å². The van der Waals surface area contributed by atoms with Crippen molar-refractivity contribution in [3.63, 3.8) is 0 Å². The molecule has 2 fully saturated rings. The Morgan fingerprint density at radius 2 is 2.19 bits per heavy atom. The van der Waals surface area contributed by atoms with E-state index in [9.17, 15) is 10.2 Å². The first kappa shape index (κ1) is 11.1. The van der Waals surface area contributed by atoms with Crippen LogP contribution in [0.3, 0.4) is 0 Å². The number of rotatable bonds is 0. The molecule has 3 unspecified atom stereocenters. The molecule has 4 nitrogen and oxygen atoms in total. The third-order valence-electron chi connectivity index (χ3n) is 6.66. The van der Waals surface area contributed by atoms with Gasteiger partial charge in [0.25, 0.3) is 0 Å². The predicted molar refractivity (Wildman–Crippen MR) is 75.3 cm³/mol. The summed E-state index contributed by atoms with van der Waals surface area (Å²) in [6.07, 6.45) is 5.50. The summed E-state index contributed by atoms with van der Waals surface area (Å²) in [6, 6.07) is 4.88. The van der Waals surface area contributed by atoms with Crippen molar-refractivity contribution in [2.75, 3.05) is 6.54 Å². The van der Waals surface area contributed by atoms with E-state index in [1.54, 1.807) is 6.07 Å². The number of phenols is 1. The van der Waals surface area contributed by atoms with Crippen molar-refractivity contribution in [3.8, 4) is 11.5 Å². The second-order valence-electron chi connectivity index (χ2n) is 7.16. The van der Waals surface area contributed by atoms with Crippen molar-refractivity contribution in [2.24, 2.45) is 5.92 Å². The molecule has 21 heavy (non-hydrogen) atoms. The summed E-state index contributed by atoms with van der Waals surface area (Å²) >= 11 is 0. The van der Waals surface area contributed by atoms with Crippen LogP contribution in [0.15, 0.2) is 24.3 Å². The maximum Gasteiger partial charge on any atom is 0.165 e. The summed E-state index contributed by atoms with van der Waals surface area (Å²) in [6.45, 7) is 1.07. The number of hydrogen-bond acceptors (Lipinski definition) is 4. The molecule has 4 heteroatoms. The number of fused-ring (bicyclic) bond motifs is 1. The Bertz CT molecular complexity index is 714. The molecule has 1 spiro atoms. The average molecular weight is 283 g/mol. The van der Waals surface area contributed by atoms with Gasteiger partial charge in [-0.15, -0.1) is 0 Å². The Hall–Kier alpha value is -1.52. The minimum atomic E-state index is -0.581. The highest BCUT2D eigenvalue weighted by Crippen LogP contribution is 2.67. The maximum absolute atomic E-state index is 10.5. The molecule has 0 radical (unpaired) electrons. The summed E-state index contributed by atoms with van der Waals surface area (Å²) < 4.78 is 6.12. The molecule has 4 heterocycles. The largest absolute Gasteiger partial charge is 0.504 e. The second kappa shape index (κ2) is 3.13. The lowest BCUT2D eigenvalue weighted by Gasteiger charge is -2.58. The number of benzene rings is 1. The normalized spacial score (nSPS) is 50.1. The molecule has 1 aromatic rings. The first-order valence-corrected chi connectivity index (χ1v) is 7.87. The summed E-state index contributed by atoms with van der Waals surface area (Å²) in [5.41, 5.74) is 2.39. The van der Waals surface area contributed by atoms with Crippen LogP contribution in [0, 0.1) is 5.92 Å². The van der Waals surface area contributed by atoms with Crippen molar-refractivity contribution in [1.82, 2.24) is 4.90 Å². The smallest absolute Gasteiger partial charge is 0.165 e. The lowest BCUT2D eigenvalue weighted by Crippen LogP contribution is -2.65. The van der Waals surface area contributed by atoms with Gasteiger partial charge in [0, 0.05) is 35.5 Å². The van der Waals surface area contributed by atoms with E-state index in [-0.39, 0.29) is 17.3 Å². The zero-order valence-corrected chi connectivity index (χ0v) is 11.6. The Labute approximate surface area is 122 Å². The van der Waals surface area contributed by atoms with Crippen LogP contribution in [-0.4, -0.2) is 39.9 Å². The van der Waals surface area contributed by atoms with Gasteiger partial charge in [0.05, 0.1) is 0 Å². The minimum absolute atomic E-state index is 0.135. The van der Waals surface area contributed by atoms with Crippen molar-refractivity contribution >= 4 is 0 Å². The van der Waals surface area contributed by atoms with Gasteiger partial charge in [-0.1, -0.05) is 18.2 Å². The van der Waals surface area contributed by atoms with Gasteiger partial charge in [0.1, 0.15) is 12.2 Å². The van der Waals surface area contributed by atoms with Crippen molar-refractivity contribution in [3.05, 3.63) is 35.4 Å². The fourth-order valence-electron chi connectivity index (χ4n) is 5.87. The molecule has 1 aliphatic carbocycles. The number of ether oxygens (including phenoxy) is 1. The van der Waals surface area contributed by atoms with Crippen LogP contribution in [0.4, 0.5) is 0 Å². The van der Waals surface area contributed by atoms with E-state index >= 15 is 0 Å². The molecular weight excluding hydrogens is 266 g/mol. The molecular formula is C17H17NO3. The van der Waals surface area contributed by atoms with Crippen molar-refractivity contribution in [2.45, 2.75) is 42.5 Å². The minimum Gasteiger partial charge on any atom is -0.504 e. The van der Waals surface area contributed by atoms with Gasteiger partial charge in [0.2, 0.25) is 0 Å². The SMILES string of the molecule is Oc1ccc2c3c1OC1[C@@H](O)C=C[C@H]4[C@H]5CC2N5CC[C@]314. The van der Waals surface area contributed by atoms with E-state index < -0.39 is 6.10 Å². The Morgan fingerprint density at radius 3 is 3.10 bits per heavy atom. The third-order valence-corrected chi connectivity index (χ3v) is 6.66. The maximum atomic E-state index is 10.5. The standard InChI is InChI=1S/C17H17NO3/c19-12-3-1-8-10-7-11-9-2-4-13(20)16-17(9,5-6-18(10)11)14(8)15(12)21-16/h1-4,9-11,13,16,19-20H,5-7H2/t9-,10?,11+,13-,16?,17-/m0/s1. The summed E-state index contributed by atoms with van der Waals surface area (Å²) in [4.78, 5) is 2.61. The van der Waals surface area contributed by atoms with Gasteiger partial charge < -0.3 is 14.9 Å². The zero-order chi connectivity index (χ0) is 13.9. The Balaban J connectivity index is 1.76. The number of aromatic hydroxyl groups is 1. The van der Waals surface area contributed by atoms with Gasteiger partial charge in [-0.3, -0.25) is 4.90 Å². The van der Waals surface area contributed by atoms with E-state index in [0.717, 1.165) is 13.0 Å². The van der Waals surface area contributed by atoms with Gasteiger partial charge >= 0.3 is 0 Å². The van der Waals surface area contributed by atoms with E-state index in [2.05, 4.69) is 17.0 Å². The molecule has 0 saturated carbocycles. The Morgan fingerprint density at radius 1 is 1.29 bits per heavy atom. The Kier molecular flexibility index (Phi) is 1.65. The van der Waals surface area contributed by atoms with Gasteiger partial charge in [-0.05, 0) is 24.5 Å². The molecule has 6 rings (SSSR count). The number of aliphatic hydroxyl groups excluding tert-OH is 1. The van der Waals surface area contributed by atoms with Crippen molar-refractivity contribution < 1.29 is 14.9 Å². The van der Waals surface area contributed by atoms with Crippen molar-refractivity contribution in [1.29, 1.82) is 0 Å². The van der Waals surface area contributed by atoms with Gasteiger partial charge in [0.15, 0.2) is 11.5 Å². The second-order valence-corrected chi connectivity index (χ2v) is 7.16. The third kappa shape index (κ3) is 0.955. The highest BCUT2D eigenvalue weighted by molar-refractivity contribution is 5.62. The first-order chi connectivity index (χ1) is 10.2. The van der Waals surface area contributed by atoms with Crippen LogP contribution >= 0.6 is 0 Å². The molecule has 5 aliphatic rings. The monoisotopic (exact) mass is 283 g/mol. The van der Waals surface area contributed by atoms with E-state index in [1.807, 2.05) is 6.08 Å². The molecule has 2 saturated heterocycles. The first-order valence-electron chi connectivity index (χ1n) is 7.87. The van der Waals surface area contributed by atoms with E-state index in [0.29, 0.717) is 23.8 Å². The number of piperidine rings is 1. The summed E-state index contributed by atoms with van der Waals surface area (Å²) in [5.74, 6) is 1.26. The van der Waals surface area contributed by atoms with Crippen LogP contribution in [-0.2, 0) is 5.41 Å². The predicted octanol–water partition coefficient (Wildman–Crippen LogP) is 1.47. The number of aliphatic hydroxyl groups is 1. The number of phenolic OH excluding ortho intramolecular Hbond substituents is 1. The quantitative estimate of drug-likeness (QED) is 0.708. The van der Waals surface area contributed by atoms with Gasteiger partial charge in [-0.2, -0.15) is 0 Å².